The van der Waals surface area contributed by atoms with Gasteiger partial charge in [-0.1, -0.05) is 72.0 Å². The van der Waals surface area contributed by atoms with E-state index in [0.717, 1.165) is 27.5 Å². The number of nitrogens with zero attached hydrogens (tertiary/aromatic N) is 8. The largest absolute Gasteiger partial charge is 0.397 e. The van der Waals surface area contributed by atoms with Crippen molar-refractivity contribution < 1.29 is 87.9 Å². The number of rotatable bonds is 10. The fourth-order valence-electron chi connectivity index (χ4n) is 16.7. The molecule has 4 saturated carbocycles. The Balaban J connectivity index is 1.28. The number of carbonyl (C=O) groups excluding carboxylic acids is 11. The van der Waals surface area contributed by atoms with Gasteiger partial charge in [-0.25, -0.2) is 8.78 Å². The van der Waals surface area contributed by atoms with Gasteiger partial charge in [0.2, 0.25) is 65.0 Å². The first-order chi connectivity index (χ1) is 47.8. The van der Waals surface area contributed by atoms with Crippen molar-refractivity contribution in [3.05, 3.63) is 12.2 Å². The Morgan fingerprint density at radius 3 is 1.78 bits per heavy atom. The van der Waals surface area contributed by atoms with E-state index in [2.05, 4.69) is 16.0 Å². The van der Waals surface area contributed by atoms with Gasteiger partial charge in [-0.2, -0.15) is 26.3 Å². The number of amides is 11. The van der Waals surface area contributed by atoms with E-state index in [4.69, 9.17) is 0 Å². The second-order valence-electron chi connectivity index (χ2n) is 31.0. The number of alkyl halides is 8. The number of likely N-dealkylation sites (N-methyl/N-ethyl adjacent to an activating group) is 6. The number of carbonyl (C=O) groups is 11. The van der Waals surface area contributed by atoms with Gasteiger partial charge in [-0.15, -0.1) is 0 Å². The summed E-state index contributed by atoms with van der Waals surface area (Å²) in [5, 5.41) is 8.54. The standard InChI is InChI=1S/C72H111F8N11O11/c1-12-43(4)60-67(100)85(7)41-58(94)87(9)53-23-14-13-19-33-91(66(53)99)55(39-45-25-28-48(29-26-45)71(75,76)77)65(98)84(6)40-56(92)81-51(30-27-46-37-49(73)59(50(74)38-46)72(78,79)80)64(97)90-34-20-24-52(90)63(96)83-70(31-17-18-32-70)69(102)89(11)61(47-21-15-16-22-47)68(101)86(8)44(5)36-57(93)88(10)54(35-42(2)3)62(95)82-60/h13-14,42-55,59-61H,12,15-41H2,1-11H3,(H,81,92)(H,82,95)(H,83,96)/b14-13-/t43-,44+,45?,46?,48?,49?,50?,51-,52-,53-,54-,55-,59?,60-,61-/m0/s1. The van der Waals surface area contributed by atoms with Crippen LogP contribution in [0.1, 0.15) is 189 Å². The summed E-state index contributed by atoms with van der Waals surface area (Å²) < 4.78 is 115. The molecule has 7 rings (SSSR count). The minimum atomic E-state index is -5.19. The lowest BCUT2D eigenvalue weighted by molar-refractivity contribution is -0.219. The molecule has 0 aromatic carbocycles. The van der Waals surface area contributed by atoms with Crippen LogP contribution in [0.15, 0.2) is 12.2 Å². The molecule has 0 aromatic heterocycles. The van der Waals surface area contributed by atoms with Gasteiger partial charge in [-0.05, 0) is 152 Å². The van der Waals surface area contributed by atoms with Crippen molar-refractivity contribution in [3.8, 4) is 0 Å². The molecule has 7 aliphatic rings. The van der Waals surface area contributed by atoms with Crippen LogP contribution >= 0.6 is 0 Å². The maximum atomic E-state index is 15.4. The zero-order chi connectivity index (χ0) is 75.6. The lowest BCUT2D eigenvalue weighted by Crippen LogP contribution is -2.64. The Labute approximate surface area is 595 Å². The van der Waals surface area contributed by atoms with Gasteiger partial charge >= 0.3 is 12.4 Å². The second kappa shape index (κ2) is 35.4. The van der Waals surface area contributed by atoms with Crippen LogP contribution in [-0.4, -0.2) is 251 Å². The summed E-state index contributed by atoms with van der Waals surface area (Å²) in [6.45, 7) is 7.31. The third-order valence-electron chi connectivity index (χ3n) is 23.3. The number of fused-ring (bicyclic) bond motifs is 3. The van der Waals surface area contributed by atoms with Crippen LogP contribution < -0.4 is 16.0 Å². The summed E-state index contributed by atoms with van der Waals surface area (Å²) in [5.74, 6) is -14.8. The summed E-state index contributed by atoms with van der Waals surface area (Å²) in [6.07, 6.45) is -9.62. The maximum absolute atomic E-state index is 15.4. The molecule has 576 valence electrons. The minimum Gasteiger partial charge on any atom is -0.343 e. The first kappa shape index (κ1) is 82.6. The van der Waals surface area contributed by atoms with E-state index in [1.54, 1.807) is 26.0 Å². The SMILES string of the molecule is CC[C@H](C)[C@@H]1NC(=O)[C@H](CC(C)C)N(C)C(=O)C[C@@H](C)N(C)C(=O)[C@H](C2CCCC2)N(C)C(=O)C2(CCCC2)NC(=O)[C@@H]2CCCN2C(=O)[C@H](CCC2CC(F)C(C(F)(F)F)C(F)C2)NC(=O)CN(C)C(=O)[C@H](CC2CCC(C(F)(F)F)CC2)N2CC/C=C\C[C@@H](C2=O)N(C)C(=O)CN(C)C1=O. The highest BCUT2D eigenvalue weighted by Crippen LogP contribution is 2.45. The van der Waals surface area contributed by atoms with Gasteiger partial charge in [0.1, 0.15) is 66.1 Å². The number of nitrogens with one attached hydrogen (secondary N) is 3. The predicted octanol–water partition coefficient (Wildman–Crippen LogP) is 7.66. The number of hydrogen-bond donors (Lipinski definition) is 3. The first-order valence-electron chi connectivity index (χ1n) is 37.0. The van der Waals surface area contributed by atoms with Gasteiger partial charge in [-0.3, -0.25) is 52.7 Å². The van der Waals surface area contributed by atoms with Gasteiger partial charge in [0, 0.05) is 67.8 Å². The average Bonchev–Trinajstić information content (AvgIpc) is 1.49. The molecule has 2 bridgehead atoms. The molecular weight excluding hydrogens is 1350 g/mol. The van der Waals surface area contributed by atoms with E-state index >= 15 is 37.5 Å². The molecule has 2 saturated heterocycles. The molecule has 11 amide bonds. The summed E-state index contributed by atoms with van der Waals surface area (Å²) >= 11 is 0. The third kappa shape index (κ3) is 20.0. The second-order valence-corrected chi connectivity index (χ2v) is 31.0. The van der Waals surface area contributed by atoms with Crippen LogP contribution in [0, 0.1) is 41.4 Å². The van der Waals surface area contributed by atoms with E-state index in [1.807, 2.05) is 20.8 Å². The molecular formula is C72H111F8N11O11. The average molecular weight is 1460 g/mol. The van der Waals surface area contributed by atoms with Crippen molar-refractivity contribution in [2.24, 2.45) is 41.4 Å². The van der Waals surface area contributed by atoms with Crippen LogP contribution in [0.25, 0.3) is 0 Å². The summed E-state index contributed by atoms with van der Waals surface area (Å²) in [6, 6.07) is -9.88. The minimum absolute atomic E-state index is 0.0182. The number of halogens is 8. The van der Waals surface area contributed by atoms with Gasteiger partial charge < -0.3 is 55.1 Å². The normalized spacial score (nSPS) is 32.6. The van der Waals surface area contributed by atoms with Crippen LogP contribution in [0.3, 0.4) is 0 Å². The van der Waals surface area contributed by atoms with Crippen molar-refractivity contribution in [1.82, 2.24) is 55.1 Å². The predicted molar refractivity (Wildman–Crippen MR) is 362 cm³/mol. The Bertz CT molecular complexity index is 3000. The van der Waals surface area contributed by atoms with E-state index in [1.165, 1.54) is 66.8 Å². The Hall–Kier alpha value is -6.65. The Morgan fingerprint density at radius 2 is 1.20 bits per heavy atom. The molecule has 3 aliphatic heterocycles. The highest BCUT2D eigenvalue weighted by molar-refractivity contribution is 6.00. The molecule has 6 fully saturated rings. The number of hydrogen-bond acceptors (Lipinski definition) is 11. The first-order valence-corrected chi connectivity index (χ1v) is 37.0. The quantitative estimate of drug-likeness (QED) is 0.141. The lowest BCUT2D eigenvalue weighted by atomic mass is 9.76. The molecule has 22 nitrogen and oxygen atoms in total. The van der Waals surface area contributed by atoms with Crippen LogP contribution in [-0.2, 0) is 52.7 Å². The van der Waals surface area contributed by atoms with Crippen LogP contribution in [0.5, 0.6) is 0 Å². The molecule has 30 heteroatoms. The van der Waals surface area contributed by atoms with Gasteiger partial charge in [0.05, 0.1) is 19.0 Å². The molecule has 3 heterocycles. The summed E-state index contributed by atoms with van der Waals surface area (Å²) in [7, 11) is 8.45. The van der Waals surface area contributed by atoms with E-state index in [-0.39, 0.29) is 115 Å². The monoisotopic (exact) mass is 1460 g/mol. The smallest absolute Gasteiger partial charge is 0.343 e. The Morgan fingerprint density at radius 1 is 0.578 bits per heavy atom. The highest BCUT2D eigenvalue weighted by Gasteiger charge is 2.55. The van der Waals surface area contributed by atoms with Gasteiger partial charge in [0.15, 0.2) is 0 Å². The van der Waals surface area contributed by atoms with Crippen molar-refractivity contribution in [3.63, 3.8) is 0 Å². The van der Waals surface area contributed by atoms with Crippen molar-refractivity contribution in [2.75, 3.05) is 68.5 Å². The zero-order valence-corrected chi connectivity index (χ0v) is 61.4. The molecule has 3 N–H and O–H groups in total. The molecule has 4 aliphatic carbocycles. The molecule has 1 spiro atoms. The van der Waals surface area contributed by atoms with E-state index < -0.39 is 205 Å². The topological polar surface area (TPSA) is 250 Å². The zero-order valence-electron chi connectivity index (χ0n) is 61.4. The van der Waals surface area contributed by atoms with E-state index in [9.17, 15) is 50.3 Å². The van der Waals surface area contributed by atoms with Crippen LogP contribution in [0.2, 0.25) is 0 Å². The molecule has 11 atom stereocenters. The van der Waals surface area contributed by atoms with Gasteiger partial charge in [0.25, 0.3) is 0 Å². The highest BCUT2D eigenvalue weighted by atomic mass is 19.4. The Kier molecular flexibility index (Phi) is 28.7. The molecule has 2 unspecified atom stereocenters. The molecule has 102 heavy (non-hydrogen) atoms. The lowest BCUT2D eigenvalue weighted by Gasteiger charge is -2.41. The van der Waals surface area contributed by atoms with E-state index in [0.29, 0.717) is 32.1 Å². The fraction of sp³-hybridized carbons (Fsp3) is 0.819. The molecule has 0 radical (unpaired) electrons. The van der Waals surface area contributed by atoms with Crippen molar-refractivity contribution in [1.29, 1.82) is 0 Å². The summed E-state index contributed by atoms with van der Waals surface area (Å²) in [4.78, 5) is 174. The summed E-state index contributed by atoms with van der Waals surface area (Å²) in [5.41, 5.74) is -1.58. The fourth-order valence-corrected chi connectivity index (χ4v) is 16.7. The molecule has 0 aromatic rings. The third-order valence-corrected chi connectivity index (χ3v) is 23.3. The van der Waals surface area contributed by atoms with Crippen LogP contribution in [0.4, 0.5) is 35.1 Å². The van der Waals surface area contributed by atoms with Crippen molar-refractivity contribution in [2.45, 2.75) is 267 Å². The maximum Gasteiger partial charge on any atom is 0.397 e. The van der Waals surface area contributed by atoms with Crippen molar-refractivity contribution >= 4 is 65.0 Å².